The molecule has 0 fully saturated rings. The van der Waals surface area contributed by atoms with E-state index in [1.807, 2.05) is 72.8 Å². The molecule has 2 N–H and O–H groups in total. The molecule has 0 aliphatic heterocycles. The van der Waals surface area contributed by atoms with Crippen molar-refractivity contribution in [3.8, 4) is 11.5 Å². The predicted molar refractivity (Wildman–Crippen MR) is 129 cm³/mol. The van der Waals surface area contributed by atoms with Crippen LogP contribution in [0.1, 0.15) is 5.56 Å². The zero-order valence-electron chi connectivity index (χ0n) is 16.6. The Bertz CT molecular complexity index is 1040. The lowest BCUT2D eigenvalue weighted by Crippen LogP contribution is -2.32. The van der Waals surface area contributed by atoms with Crippen LogP contribution in [0.4, 0.5) is 5.69 Å². The second kappa shape index (κ2) is 11.7. The number of rotatable bonds is 8. The number of carbonyl (C=O) groups is 1. The molecule has 3 rings (SSSR count). The number of ether oxygens (including phenoxy) is 2. The van der Waals surface area contributed by atoms with E-state index in [0.29, 0.717) is 24.0 Å². The van der Waals surface area contributed by atoms with Gasteiger partial charge in [-0.15, -0.1) is 0 Å². The van der Waals surface area contributed by atoms with E-state index in [1.165, 1.54) is 6.08 Å². The summed E-state index contributed by atoms with van der Waals surface area (Å²) in [5.41, 5.74) is 1.48. The topological polar surface area (TPSA) is 59.6 Å². The molecule has 0 bridgehead atoms. The maximum absolute atomic E-state index is 12.0. The van der Waals surface area contributed by atoms with Crippen molar-refractivity contribution >= 4 is 46.6 Å². The Morgan fingerprint density at radius 1 is 0.871 bits per heavy atom. The molecule has 0 atom stereocenters. The highest BCUT2D eigenvalue weighted by atomic mass is 35.5. The van der Waals surface area contributed by atoms with E-state index in [1.54, 1.807) is 12.1 Å². The molecule has 0 unspecified atom stereocenters. The summed E-state index contributed by atoms with van der Waals surface area (Å²) in [6.07, 6.45) is 3.01. The zero-order chi connectivity index (χ0) is 21.9. The first-order valence-corrected chi connectivity index (χ1v) is 10.3. The van der Waals surface area contributed by atoms with Gasteiger partial charge in [0.2, 0.25) is 5.91 Å². The van der Waals surface area contributed by atoms with Crippen molar-refractivity contribution in [1.82, 2.24) is 5.32 Å². The Labute approximate surface area is 191 Å². The van der Waals surface area contributed by atoms with Gasteiger partial charge in [-0.25, -0.2) is 0 Å². The van der Waals surface area contributed by atoms with Crippen LogP contribution in [-0.4, -0.2) is 24.2 Å². The molecular weight excluding hydrogens is 432 g/mol. The van der Waals surface area contributed by atoms with E-state index < -0.39 is 0 Å². The number of benzene rings is 3. The maximum Gasteiger partial charge on any atom is 0.250 e. The van der Waals surface area contributed by atoms with Crippen LogP contribution >= 0.6 is 23.8 Å². The number of para-hydroxylation sites is 1. The summed E-state index contributed by atoms with van der Waals surface area (Å²) in [7, 11) is 0. The van der Waals surface area contributed by atoms with Crippen molar-refractivity contribution in [2.24, 2.45) is 0 Å². The fourth-order valence-corrected chi connectivity index (χ4v) is 2.98. The summed E-state index contributed by atoms with van der Waals surface area (Å²) in [6, 6.07) is 24.1. The Balaban J connectivity index is 1.40. The largest absolute Gasteiger partial charge is 0.490 e. The van der Waals surface area contributed by atoms with E-state index in [-0.39, 0.29) is 11.0 Å². The van der Waals surface area contributed by atoms with Crippen molar-refractivity contribution in [2.45, 2.75) is 0 Å². The summed E-state index contributed by atoms with van der Waals surface area (Å²) in [6.45, 7) is 0.871. The standard InChI is InChI=1S/C24H21ClN2O3S/c25-22-9-5-4-6-18(22)10-15-23(28)27-24(31)26-19-11-13-21(14-12-19)30-17-16-29-20-7-2-1-3-8-20/h1-15H,16-17H2,(H2,26,27,28,31). The van der Waals surface area contributed by atoms with Gasteiger partial charge >= 0.3 is 0 Å². The Morgan fingerprint density at radius 3 is 2.16 bits per heavy atom. The Morgan fingerprint density at radius 2 is 1.48 bits per heavy atom. The highest BCUT2D eigenvalue weighted by molar-refractivity contribution is 7.80. The molecule has 7 heteroatoms. The molecule has 1 amide bonds. The highest BCUT2D eigenvalue weighted by Gasteiger charge is 2.03. The lowest BCUT2D eigenvalue weighted by molar-refractivity contribution is -0.115. The van der Waals surface area contributed by atoms with Crippen LogP contribution in [0, 0.1) is 0 Å². The highest BCUT2D eigenvalue weighted by Crippen LogP contribution is 2.17. The van der Waals surface area contributed by atoms with Crippen LogP contribution in [0.2, 0.25) is 5.02 Å². The minimum Gasteiger partial charge on any atom is -0.490 e. The molecule has 3 aromatic carbocycles. The number of amides is 1. The van der Waals surface area contributed by atoms with Gasteiger partial charge in [0, 0.05) is 16.8 Å². The van der Waals surface area contributed by atoms with Crippen LogP contribution in [0.5, 0.6) is 11.5 Å². The van der Waals surface area contributed by atoms with Gasteiger partial charge in [-0.1, -0.05) is 48.0 Å². The van der Waals surface area contributed by atoms with Crippen LogP contribution < -0.4 is 20.1 Å². The van der Waals surface area contributed by atoms with E-state index in [2.05, 4.69) is 10.6 Å². The van der Waals surface area contributed by atoms with Gasteiger partial charge < -0.3 is 14.8 Å². The second-order valence-corrected chi connectivity index (χ2v) is 7.15. The third kappa shape index (κ3) is 7.77. The zero-order valence-corrected chi connectivity index (χ0v) is 18.2. The normalized spacial score (nSPS) is 10.5. The number of carbonyl (C=O) groups excluding carboxylic acids is 1. The van der Waals surface area contributed by atoms with E-state index in [4.69, 9.17) is 33.3 Å². The molecule has 0 saturated heterocycles. The third-order valence-electron chi connectivity index (χ3n) is 4.03. The second-order valence-electron chi connectivity index (χ2n) is 6.33. The van der Waals surface area contributed by atoms with Gasteiger partial charge in [-0.2, -0.15) is 0 Å². The molecule has 0 aliphatic rings. The van der Waals surface area contributed by atoms with Gasteiger partial charge in [-0.3, -0.25) is 10.1 Å². The molecule has 0 spiro atoms. The maximum atomic E-state index is 12.0. The van der Waals surface area contributed by atoms with Gasteiger partial charge in [0.15, 0.2) is 5.11 Å². The van der Waals surface area contributed by atoms with Gasteiger partial charge in [0.25, 0.3) is 0 Å². The molecule has 3 aromatic rings. The molecule has 0 radical (unpaired) electrons. The number of nitrogens with one attached hydrogen (secondary N) is 2. The minimum atomic E-state index is -0.351. The lowest BCUT2D eigenvalue weighted by atomic mass is 10.2. The first-order chi connectivity index (χ1) is 15.1. The van der Waals surface area contributed by atoms with E-state index >= 15 is 0 Å². The summed E-state index contributed by atoms with van der Waals surface area (Å²) >= 11 is 11.2. The number of hydrogen-bond donors (Lipinski definition) is 2. The molecular formula is C24H21ClN2O3S. The summed E-state index contributed by atoms with van der Waals surface area (Å²) < 4.78 is 11.2. The van der Waals surface area contributed by atoms with Crippen molar-refractivity contribution in [3.05, 3.63) is 95.5 Å². The van der Waals surface area contributed by atoms with Crippen LogP contribution in [-0.2, 0) is 4.79 Å². The number of halogens is 1. The molecule has 31 heavy (non-hydrogen) atoms. The summed E-state index contributed by atoms with van der Waals surface area (Å²) in [5, 5.41) is 6.32. The van der Waals surface area contributed by atoms with Gasteiger partial charge in [-0.05, 0) is 66.3 Å². The number of thiocarbonyl (C=S) groups is 1. The minimum absolute atomic E-state index is 0.193. The summed E-state index contributed by atoms with van der Waals surface area (Å²) in [4.78, 5) is 12.0. The van der Waals surface area contributed by atoms with Crippen molar-refractivity contribution in [1.29, 1.82) is 0 Å². The number of anilines is 1. The lowest BCUT2D eigenvalue weighted by Gasteiger charge is -2.10. The fraction of sp³-hybridized carbons (Fsp3) is 0.0833. The van der Waals surface area contributed by atoms with Crippen LogP contribution in [0.3, 0.4) is 0 Å². The van der Waals surface area contributed by atoms with Gasteiger partial charge in [0.05, 0.1) is 0 Å². The molecule has 0 aliphatic carbocycles. The van der Waals surface area contributed by atoms with Crippen molar-refractivity contribution < 1.29 is 14.3 Å². The average molecular weight is 453 g/mol. The third-order valence-corrected chi connectivity index (χ3v) is 4.58. The monoisotopic (exact) mass is 452 g/mol. The van der Waals surface area contributed by atoms with Crippen molar-refractivity contribution in [2.75, 3.05) is 18.5 Å². The molecule has 158 valence electrons. The Hall–Kier alpha value is -3.35. The SMILES string of the molecule is O=C(C=Cc1ccccc1Cl)NC(=S)Nc1ccc(OCCOc2ccccc2)cc1. The van der Waals surface area contributed by atoms with E-state index in [0.717, 1.165) is 17.0 Å². The molecule has 0 saturated carbocycles. The van der Waals surface area contributed by atoms with Crippen molar-refractivity contribution in [3.63, 3.8) is 0 Å². The average Bonchev–Trinajstić information content (AvgIpc) is 2.78. The van der Waals surface area contributed by atoms with E-state index in [9.17, 15) is 4.79 Å². The molecule has 0 heterocycles. The summed E-state index contributed by atoms with van der Waals surface area (Å²) in [5.74, 6) is 1.17. The fourth-order valence-electron chi connectivity index (χ4n) is 2.56. The number of hydrogen-bond acceptors (Lipinski definition) is 4. The smallest absolute Gasteiger partial charge is 0.250 e. The first-order valence-electron chi connectivity index (χ1n) is 9.55. The van der Waals surface area contributed by atoms with Crippen LogP contribution in [0.25, 0.3) is 6.08 Å². The quantitative estimate of drug-likeness (QED) is 0.275. The molecule has 5 nitrogen and oxygen atoms in total. The Kier molecular flexibility index (Phi) is 8.46. The molecule has 0 aromatic heterocycles. The van der Waals surface area contributed by atoms with Gasteiger partial charge in [0.1, 0.15) is 24.7 Å². The first kappa shape index (κ1) is 22.3. The predicted octanol–water partition coefficient (Wildman–Crippen LogP) is 5.32. The van der Waals surface area contributed by atoms with Crippen LogP contribution in [0.15, 0.2) is 84.9 Å².